The van der Waals surface area contributed by atoms with Crippen molar-refractivity contribution >= 4 is 23.7 Å². The molecule has 1 fully saturated rings. The zero-order valence-corrected chi connectivity index (χ0v) is 18.4. The van der Waals surface area contributed by atoms with Gasteiger partial charge in [-0.25, -0.2) is 4.79 Å². The van der Waals surface area contributed by atoms with Crippen molar-refractivity contribution < 1.29 is 19.5 Å². The highest BCUT2D eigenvalue weighted by Crippen LogP contribution is 2.23. The molecule has 0 aromatic heterocycles. The van der Waals surface area contributed by atoms with Crippen molar-refractivity contribution in [3.05, 3.63) is 35.4 Å². The fourth-order valence-corrected chi connectivity index (χ4v) is 3.90. The summed E-state index contributed by atoms with van der Waals surface area (Å²) in [5, 5.41) is 19.8. The van der Waals surface area contributed by atoms with Crippen molar-refractivity contribution in [1.82, 2.24) is 15.1 Å². The maximum atomic E-state index is 13.3. The summed E-state index contributed by atoms with van der Waals surface area (Å²) < 4.78 is 0. The van der Waals surface area contributed by atoms with Crippen LogP contribution < -0.4 is 11.1 Å². The summed E-state index contributed by atoms with van der Waals surface area (Å²) in [5.41, 5.74) is 6.92. The highest BCUT2D eigenvalue weighted by Gasteiger charge is 2.40. The van der Waals surface area contributed by atoms with Crippen molar-refractivity contribution in [2.75, 3.05) is 13.1 Å². The van der Waals surface area contributed by atoms with Crippen LogP contribution in [-0.4, -0.2) is 63.8 Å². The van der Waals surface area contributed by atoms with Crippen LogP contribution >= 0.6 is 0 Å². The van der Waals surface area contributed by atoms with E-state index in [1.165, 1.54) is 4.90 Å². The molecule has 5 N–H and O–H groups in total. The van der Waals surface area contributed by atoms with Gasteiger partial charge in [-0.3, -0.25) is 19.9 Å². The van der Waals surface area contributed by atoms with Gasteiger partial charge in [0.05, 0.1) is 0 Å². The number of nitrogens with zero attached hydrogens (tertiary/aromatic N) is 2. The number of amides is 3. The number of nitrogens with two attached hydrogens (primary N) is 1. The lowest BCUT2D eigenvalue weighted by Gasteiger charge is -2.34. The molecule has 9 nitrogen and oxygen atoms in total. The van der Waals surface area contributed by atoms with E-state index in [-0.39, 0.29) is 30.1 Å². The Morgan fingerprint density at radius 2 is 1.94 bits per heavy atom. The van der Waals surface area contributed by atoms with Crippen molar-refractivity contribution in [2.45, 2.75) is 58.7 Å². The van der Waals surface area contributed by atoms with Gasteiger partial charge in [0.2, 0.25) is 11.8 Å². The first-order valence-corrected chi connectivity index (χ1v) is 10.7. The van der Waals surface area contributed by atoms with Crippen LogP contribution in [0, 0.1) is 11.3 Å². The lowest BCUT2D eigenvalue weighted by Crippen LogP contribution is -2.54. The van der Waals surface area contributed by atoms with Gasteiger partial charge in [0.15, 0.2) is 0 Å². The lowest BCUT2D eigenvalue weighted by atomic mass is 10.0. The number of nitrogen functional groups attached to an aromatic ring is 1. The summed E-state index contributed by atoms with van der Waals surface area (Å²) in [4.78, 5) is 40.5. The normalized spacial score (nSPS) is 16.8. The SMILES string of the molecule is CCN(C(=O)O)C(CC(C)C)C(=O)N1CCC[C@H]1C(=O)NCc1ccc(C(=N)N)cc1. The van der Waals surface area contributed by atoms with Crippen molar-refractivity contribution in [3.63, 3.8) is 0 Å². The predicted molar refractivity (Wildman–Crippen MR) is 118 cm³/mol. The first kappa shape index (κ1) is 24.2. The maximum Gasteiger partial charge on any atom is 0.407 e. The molecule has 1 unspecified atom stereocenters. The molecule has 1 aliphatic heterocycles. The molecule has 31 heavy (non-hydrogen) atoms. The molecule has 1 aromatic carbocycles. The number of carboxylic acid groups (broad SMARTS) is 1. The van der Waals surface area contributed by atoms with Gasteiger partial charge in [0.1, 0.15) is 17.9 Å². The van der Waals surface area contributed by atoms with Gasteiger partial charge in [-0.15, -0.1) is 0 Å². The molecule has 1 aromatic rings. The standard InChI is InChI=1S/C22H33N5O4/c1-4-26(22(30)31)18(12-14(2)3)21(29)27-11-5-6-17(27)20(28)25-13-15-7-9-16(10-8-15)19(23)24/h7-10,14,17-18H,4-6,11-13H2,1-3H3,(H3,23,24)(H,25,28)(H,30,31)/t17-,18?/m0/s1. The number of hydrogen-bond donors (Lipinski definition) is 4. The number of carbonyl (C=O) groups is 3. The fourth-order valence-electron chi connectivity index (χ4n) is 3.90. The first-order valence-electron chi connectivity index (χ1n) is 10.7. The number of amidine groups is 1. The topological polar surface area (TPSA) is 140 Å². The minimum atomic E-state index is -1.13. The maximum absolute atomic E-state index is 13.3. The molecule has 1 aliphatic rings. The molecule has 9 heteroatoms. The summed E-state index contributed by atoms with van der Waals surface area (Å²) in [7, 11) is 0. The van der Waals surface area contributed by atoms with E-state index in [1.54, 1.807) is 31.2 Å². The largest absolute Gasteiger partial charge is 0.465 e. The Labute approximate surface area is 183 Å². The molecular formula is C22H33N5O4. The molecule has 0 radical (unpaired) electrons. The van der Waals surface area contributed by atoms with E-state index in [9.17, 15) is 19.5 Å². The third-order valence-corrected chi connectivity index (χ3v) is 5.51. The molecule has 1 heterocycles. The Morgan fingerprint density at radius 1 is 1.29 bits per heavy atom. The van der Waals surface area contributed by atoms with Crippen LogP contribution in [0.5, 0.6) is 0 Å². The van der Waals surface area contributed by atoms with Crippen LogP contribution in [-0.2, 0) is 16.1 Å². The first-order chi connectivity index (χ1) is 14.6. The van der Waals surface area contributed by atoms with Crippen LogP contribution in [0.1, 0.15) is 51.2 Å². The summed E-state index contributed by atoms with van der Waals surface area (Å²) in [6.45, 7) is 6.54. The summed E-state index contributed by atoms with van der Waals surface area (Å²) in [5.74, 6) is -0.436. The third kappa shape index (κ3) is 6.19. The number of hydrogen-bond acceptors (Lipinski definition) is 4. The number of carbonyl (C=O) groups excluding carboxylic acids is 2. The van der Waals surface area contributed by atoms with Crippen LogP contribution in [0.3, 0.4) is 0 Å². The number of rotatable bonds is 9. The Hall–Kier alpha value is -3.10. The molecule has 170 valence electrons. The second-order valence-electron chi connectivity index (χ2n) is 8.23. The molecular weight excluding hydrogens is 398 g/mol. The molecule has 0 spiro atoms. The second-order valence-corrected chi connectivity index (χ2v) is 8.23. The van der Waals surface area contributed by atoms with Gasteiger partial charge >= 0.3 is 6.09 Å². The van der Waals surface area contributed by atoms with Crippen LogP contribution in [0.25, 0.3) is 0 Å². The van der Waals surface area contributed by atoms with Crippen LogP contribution in [0.2, 0.25) is 0 Å². The summed E-state index contributed by atoms with van der Waals surface area (Å²) in [6, 6.07) is 5.62. The van der Waals surface area contributed by atoms with Gasteiger partial charge in [-0.2, -0.15) is 0 Å². The van der Waals surface area contributed by atoms with Gasteiger partial charge in [0.25, 0.3) is 0 Å². The molecule has 1 saturated heterocycles. The lowest BCUT2D eigenvalue weighted by molar-refractivity contribution is -0.142. The van der Waals surface area contributed by atoms with Gasteiger partial charge in [0, 0.05) is 25.2 Å². The minimum Gasteiger partial charge on any atom is -0.465 e. The van der Waals surface area contributed by atoms with Gasteiger partial charge in [-0.05, 0) is 37.7 Å². The minimum absolute atomic E-state index is 0.0193. The van der Waals surface area contributed by atoms with Crippen LogP contribution in [0.4, 0.5) is 4.79 Å². The molecule has 0 bridgehead atoms. The Kier molecular flexibility index (Phi) is 8.41. The van der Waals surface area contributed by atoms with E-state index in [0.717, 1.165) is 10.5 Å². The average Bonchev–Trinajstić information content (AvgIpc) is 3.21. The Balaban J connectivity index is 2.08. The molecule has 0 aliphatic carbocycles. The fraction of sp³-hybridized carbons (Fsp3) is 0.545. The molecule has 2 atom stereocenters. The van der Waals surface area contributed by atoms with Crippen molar-refractivity contribution in [3.8, 4) is 0 Å². The van der Waals surface area contributed by atoms with E-state index >= 15 is 0 Å². The van der Waals surface area contributed by atoms with Gasteiger partial charge < -0.3 is 21.1 Å². The zero-order chi connectivity index (χ0) is 23.1. The summed E-state index contributed by atoms with van der Waals surface area (Å²) >= 11 is 0. The monoisotopic (exact) mass is 431 g/mol. The predicted octanol–water partition coefficient (Wildman–Crippen LogP) is 1.99. The smallest absolute Gasteiger partial charge is 0.407 e. The van der Waals surface area contributed by atoms with Gasteiger partial charge in [-0.1, -0.05) is 38.1 Å². The van der Waals surface area contributed by atoms with Crippen LogP contribution in [0.15, 0.2) is 24.3 Å². The highest BCUT2D eigenvalue weighted by atomic mass is 16.4. The van der Waals surface area contributed by atoms with Crippen molar-refractivity contribution in [1.29, 1.82) is 5.41 Å². The number of benzene rings is 1. The zero-order valence-electron chi connectivity index (χ0n) is 18.4. The molecule has 2 rings (SSSR count). The number of nitrogens with one attached hydrogen (secondary N) is 2. The quantitative estimate of drug-likeness (QED) is 0.350. The number of likely N-dealkylation sites (tertiary alicyclic amines) is 1. The summed E-state index contributed by atoms with van der Waals surface area (Å²) in [6.07, 6.45) is 0.529. The van der Waals surface area contributed by atoms with Crippen molar-refractivity contribution in [2.24, 2.45) is 11.7 Å². The van der Waals surface area contributed by atoms with E-state index in [0.29, 0.717) is 37.9 Å². The van der Waals surface area contributed by atoms with E-state index in [2.05, 4.69) is 5.32 Å². The second kappa shape index (κ2) is 10.8. The number of likely N-dealkylation sites (N-methyl/N-ethyl adjacent to an activating group) is 1. The van der Waals surface area contributed by atoms with E-state index < -0.39 is 18.2 Å². The molecule has 3 amide bonds. The average molecular weight is 432 g/mol. The van der Waals surface area contributed by atoms with E-state index in [1.807, 2.05) is 13.8 Å². The highest BCUT2D eigenvalue weighted by molar-refractivity contribution is 5.95. The molecule has 0 saturated carbocycles. The third-order valence-electron chi connectivity index (χ3n) is 5.51. The Morgan fingerprint density at radius 3 is 2.45 bits per heavy atom. The van der Waals surface area contributed by atoms with E-state index in [4.69, 9.17) is 11.1 Å². The Bertz CT molecular complexity index is 809.